The normalized spacial score (nSPS) is 22.1. The average Bonchev–Trinajstić information content (AvgIpc) is 3.46. The van der Waals surface area contributed by atoms with Crippen molar-refractivity contribution in [2.24, 2.45) is 0 Å². The Balaban J connectivity index is 0.000000226. The van der Waals surface area contributed by atoms with E-state index in [0.717, 1.165) is 18.2 Å². The number of hydrogen-bond acceptors (Lipinski definition) is 7. The Hall–Kier alpha value is -3.52. The second-order valence-electron chi connectivity index (χ2n) is 9.56. The summed E-state index contributed by atoms with van der Waals surface area (Å²) in [5.41, 5.74) is -0.217. The van der Waals surface area contributed by atoms with Gasteiger partial charge in [-0.3, -0.25) is 14.7 Å². The molecule has 0 aliphatic heterocycles. The van der Waals surface area contributed by atoms with E-state index in [0.29, 0.717) is 17.8 Å². The van der Waals surface area contributed by atoms with Crippen molar-refractivity contribution in [1.82, 2.24) is 25.4 Å². The van der Waals surface area contributed by atoms with Gasteiger partial charge in [0.15, 0.2) is 11.4 Å². The number of rotatable bonds is 10. The number of aromatic amines is 1. The number of hydrogen-bond donors (Lipinski definition) is 2. The summed E-state index contributed by atoms with van der Waals surface area (Å²) in [7, 11) is 4.57. The summed E-state index contributed by atoms with van der Waals surface area (Å²) in [4.78, 5) is 27.9. The lowest BCUT2D eigenvalue weighted by Gasteiger charge is -2.40. The van der Waals surface area contributed by atoms with Crippen LogP contribution in [0.25, 0.3) is 11.3 Å². The van der Waals surface area contributed by atoms with Crippen LogP contribution in [0.5, 0.6) is 5.88 Å². The Kier molecular flexibility index (Phi) is 10.3. The Morgan fingerprint density at radius 1 is 1.27 bits per heavy atom. The molecule has 4 rings (SSSR count). The van der Waals surface area contributed by atoms with Crippen molar-refractivity contribution < 1.29 is 41.4 Å². The van der Waals surface area contributed by atoms with E-state index in [2.05, 4.69) is 27.1 Å². The maximum atomic E-state index is 13.9. The Bertz CT molecular complexity index is 1180. The monoisotopic (exact) mass is 571 g/mol. The number of amides is 2. The van der Waals surface area contributed by atoms with Crippen LogP contribution in [0.3, 0.4) is 0 Å². The van der Waals surface area contributed by atoms with Gasteiger partial charge in [0.25, 0.3) is 5.91 Å². The minimum atomic E-state index is -4.40. The summed E-state index contributed by atoms with van der Waals surface area (Å²) in [6, 6.07) is 2.84. The molecule has 2 fully saturated rings. The van der Waals surface area contributed by atoms with Crippen molar-refractivity contribution in [3.05, 3.63) is 42.0 Å². The minimum Gasteiger partial charge on any atom is -0.481 e. The number of carbonyl (C=O) groups is 2. The molecule has 0 aromatic carbocycles. The molecule has 0 bridgehead atoms. The molecule has 1 unspecified atom stereocenters. The molecule has 0 spiro atoms. The molecule has 2 aliphatic rings. The zero-order chi connectivity index (χ0) is 29.5. The van der Waals surface area contributed by atoms with Crippen molar-refractivity contribution in [3.63, 3.8) is 0 Å². The second kappa shape index (κ2) is 13.2. The number of aromatic nitrogens is 3. The number of nitrogens with one attached hydrogen (secondary N) is 2. The number of nitrogens with zero attached hydrogens (tertiary/aromatic N) is 3. The van der Waals surface area contributed by atoms with E-state index >= 15 is 0 Å². The number of carbonyl (C=O) groups excluding carboxylic acids is 2. The summed E-state index contributed by atoms with van der Waals surface area (Å²) in [5, 5.41) is 9.17. The van der Waals surface area contributed by atoms with Gasteiger partial charge in [0.1, 0.15) is 5.69 Å². The van der Waals surface area contributed by atoms with Crippen LogP contribution >= 0.6 is 0 Å². The van der Waals surface area contributed by atoms with E-state index in [1.54, 1.807) is 11.9 Å². The molecular formula is C26H33F4N5O5. The molecule has 2 heterocycles. The van der Waals surface area contributed by atoms with Crippen LogP contribution in [-0.4, -0.2) is 90.7 Å². The Morgan fingerprint density at radius 3 is 2.50 bits per heavy atom. The summed E-state index contributed by atoms with van der Waals surface area (Å²) >= 11 is 0. The van der Waals surface area contributed by atoms with Gasteiger partial charge in [-0.25, -0.2) is 9.37 Å². The van der Waals surface area contributed by atoms with Crippen LogP contribution in [0.1, 0.15) is 42.6 Å². The predicted molar refractivity (Wildman–Crippen MR) is 136 cm³/mol. The van der Waals surface area contributed by atoms with E-state index in [1.807, 2.05) is 0 Å². The largest absolute Gasteiger partial charge is 0.481 e. The maximum Gasteiger partial charge on any atom is 0.417 e. The fourth-order valence-corrected chi connectivity index (χ4v) is 4.41. The third-order valence-corrected chi connectivity index (χ3v) is 6.96. The van der Waals surface area contributed by atoms with E-state index in [1.165, 1.54) is 26.4 Å². The molecular weight excluding hydrogens is 538 g/mol. The molecule has 0 radical (unpaired) electrons. The average molecular weight is 572 g/mol. The van der Waals surface area contributed by atoms with Crippen LogP contribution in [0, 0.1) is 5.82 Å². The lowest BCUT2D eigenvalue weighted by Crippen LogP contribution is -2.52. The number of halogens is 4. The van der Waals surface area contributed by atoms with Gasteiger partial charge < -0.3 is 24.4 Å². The molecule has 2 aromatic heterocycles. The zero-order valence-electron chi connectivity index (χ0n) is 22.5. The minimum absolute atomic E-state index is 0.0806. The molecule has 2 aromatic rings. The van der Waals surface area contributed by atoms with Gasteiger partial charge in [0.2, 0.25) is 12.3 Å². The van der Waals surface area contributed by atoms with E-state index in [9.17, 15) is 27.2 Å². The number of methoxy groups -OCH3 is 2. The fourth-order valence-electron chi connectivity index (χ4n) is 4.41. The number of pyridine rings is 1. The zero-order valence-corrected chi connectivity index (χ0v) is 22.5. The smallest absolute Gasteiger partial charge is 0.417 e. The third kappa shape index (κ3) is 7.36. The Morgan fingerprint density at radius 2 is 1.95 bits per heavy atom. The molecule has 220 valence electrons. The van der Waals surface area contributed by atoms with Crippen LogP contribution in [0.4, 0.5) is 17.6 Å². The quantitative estimate of drug-likeness (QED) is 0.193. The van der Waals surface area contributed by atoms with Crippen LogP contribution in [-0.2, 0) is 14.3 Å². The van der Waals surface area contributed by atoms with Gasteiger partial charge >= 0.3 is 6.18 Å². The molecule has 2 saturated carbocycles. The van der Waals surface area contributed by atoms with Crippen LogP contribution in [0.15, 0.2) is 30.5 Å². The summed E-state index contributed by atoms with van der Waals surface area (Å²) in [6.07, 6.45) is -1.72. The van der Waals surface area contributed by atoms with Gasteiger partial charge in [-0.1, -0.05) is 12.2 Å². The first kappa shape index (κ1) is 31.0. The third-order valence-electron chi connectivity index (χ3n) is 6.96. The topological polar surface area (TPSA) is 119 Å². The maximum absolute atomic E-state index is 13.9. The van der Waals surface area contributed by atoms with E-state index < -0.39 is 17.6 Å². The number of likely N-dealkylation sites (N-methyl/N-ethyl adjacent to an activating group) is 1. The van der Waals surface area contributed by atoms with Crippen LogP contribution in [0.2, 0.25) is 0 Å². The van der Waals surface area contributed by atoms with Crippen molar-refractivity contribution in [3.8, 4) is 17.1 Å². The highest BCUT2D eigenvalue weighted by Crippen LogP contribution is 2.44. The van der Waals surface area contributed by atoms with Crippen molar-refractivity contribution in [2.45, 2.75) is 56.0 Å². The first-order valence-electron chi connectivity index (χ1n) is 12.6. The lowest BCUT2D eigenvalue weighted by molar-refractivity contribution is -0.290. The summed E-state index contributed by atoms with van der Waals surface area (Å²) in [6.45, 7) is 3.89. The highest BCUT2D eigenvalue weighted by Gasteiger charge is 2.57. The molecule has 1 atom stereocenters. The van der Waals surface area contributed by atoms with Gasteiger partial charge in [0.05, 0.1) is 38.3 Å². The van der Waals surface area contributed by atoms with Gasteiger partial charge in [0, 0.05) is 31.8 Å². The van der Waals surface area contributed by atoms with E-state index in [4.69, 9.17) is 14.2 Å². The van der Waals surface area contributed by atoms with Gasteiger partial charge in [-0.15, -0.1) is 0 Å². The van der Waals surface area contributed by atoms with Gasteiger partial charge in [-0.2, -0.15) is 18.3 Å². The van der Waals surface area contributed by atoms with E-state index in [-0.39, 0.29) is 68.3 Å². The second-order valence-corrected chi connectivity index (χ2v) is 9.56. The predicted octanol–water partition coefficient (Wildman–Crippen LogP) is 3.66. The fraction of sp³-hybridized carbons (Fsp3) is 0.538. The Labute approximate surface area is 229 Å². The molecule has 2 amide bonds. The first-order chi connectivity index (χ1) is 19.0. The first-order valence-corrected chi connectivity index (χ1v) is 12.6. The number of alkyl halides is 3. The molecule has 2 aliphatic carbocycles. The molecule has 14 heteroatoms. The summed E-state index contributed by atoms with van der Waals surface area (Å²) in [5.74, 6) is -0.460. The molecule has 10 nitrogen and oxygen atoms in total. The molecule has 40 heavy (non-hydrogen) atoms. The standard InChI is InChI=1S/C15H15FN4O2.C11H18F3NO3/c1-8-4-13(8)20(2)15(21)12-6-11(18-19-12)9-5-14(22-3)17-7-10(9)16;1-17-6-7-18-10(11(12,13)14)4-2-9(3-5-10)15-8-16/h5-7,13H,1,4H2,2-3H3,(H,18,19);8-9H,2-7H2,1H3,(H,15,16). The number of ether oxygens (including phenoxy) is 3. The number of H-pyrrole nitrogens is 1. The van der Waals surface area contributed by atoms with Crippen LogP contribution < -0.4 is 10.1 Å². The highest BCUT2D eigenvalue weighted by molar-refractivity contribution is 5.94. The molecule has 0 saturated heterocycles. The van der Waals surface area contributed by atoms with Gasteiger partial charge in [-0.05, 0) is 38.2 Å². The molecule has 2 N–H and O–H groups in total. The van der Waals surface area contributed by atoms with Crippen molar-refractivity contribution >= 4 is 12.3 Å². The van der Waals surface area contributed by atoms with Crippen molar-refractivity contribution in [2.75, 3.05) is 34.5 Å². The van der Waals surface area contributed by atoms with Crippen molar-refractivity contribution in [1.29, 1.82) is 0 Å². The lowest BCUT2D eigenvalue weighted by atomic mass is 9.81. The SMILES string of the molecule is C=C1CC1N(C)C(=O)c1cc(-c2cc(OC)ncc2F)n[nH]1.COCCOC1(C(F)(F)F)CCC(NC=O)CC1. The highest BCUT2D eigenvalue weighted by atomic mass is 19.4. The summed E-state index contributed by atoms with van der Waals surface area (Å²) < 4.78 is 67.8.